The Hall–Kier alpha value is -3.26. The number of carbonyl (C=O) groups excluding carboxylic acids is 1. The van der Waals surface area contributed by atoms with Crippen LogP contribution in [0.15, 0.2) is 42.5 Å². The first-order valence-electron chi connectivity index (χ1n) is 8.32. The van der Waals surface area contributed by atoms with Gasteiger partial charge < -0.3 is 16.0 Å². The number of benzene rings is 2. The maximum atomic E-state index is 10.4. The molecule has 2 aromatic heterocycles. The van der Waals surface area contributed by atoms with Gasteiger partial charge in [-0.1, -0.05) is 18.2 Å². The normalized spacial score (nSPS) is 10.8. The van der Waals surface area contributed by atoms with E-state index in [9.17, 15) is 4.79 Å². The summed E-state index contributed by atoms with van der Waals surface area (Å²) in [5, 5.41) is 19.1. The zero-order valence-corrected chi connectivity index (χ0v) is 14.7. The van der Waals surface area contributed by atoms with Crippen LogP contribution in [0.25, 0.3) is 33.2 Å². The number of tetrazole rings is 1. The van der Waals surface area contributed by atoms with Crippen LogP contribution in [0, 0.1) is 0 Å². The molecular weight excluding hydrogens is 330 g/mol. The number of hydrogen-bond donors (Lipinski definition) is 4. The largest absolute Gasteiger partial charge is 0.355 e. The minimum absolute atomic E-state index is 0.0815. The maximum absolute atomic E-state index is 10.4. The molecule has 26 heavy (non-hydrogen) atoms. The highest BCUT2D eigenvalue weighted by atomic mass is 16.1. The molecule has 0 bridgehead atoms. The van der Waals surface area contributed by atoms with Crippen molar-refractivity contribution in [3.63, 3.8) is 0 Å². The summed E-state index contributed by atoms with van der Waals surface area (Å²) in [6, 6.07) is 14.6. The topological polar surface area (TPSA) is 125 Å². The fourth-order valence-corrected chi connectivity index (χ4v) is 2.65. The molecule has 8 heteroatoms. The van der Waals surface area contributed by atoms with Crippen LogP contribution in [0.4, 0.5) is 0 Å². The van der Waals surface area contributed by atoms with Gasteiger partial charge in [0.25, 0.3) is 0 Å². The van der Waals surface area contributed by atoms with Crippen molar-refractivity contribution in [2.75, 3.05) is 6.54 Å². The zero-order valence-electron chi connectivity index (χ0n) is 14.7. The molecule has 0 atom stereocenters. The van der Waals surface area contributed by atoms with E-state index >= 15 is 0 Å². The molecule has 8 nitrogen and oxygen atoms in total. The predicted molar refractivity (Wildman–Crippen MR) is 101 cm³/mol. The number of nitrogens with two attached hydrogens (primary N) is 1. The molecule has 0 fully saturated rings. The SMILES string of the molecule is CC(C)NC(=O)CN.c1ccc2c(c1)[nH]c1ccc(-c3nn[nH]n3)cc12. The average Bonchev–Trinajstić information content (AvgIpc) is 3.29. The van der Waals surface area contributed by atoms with Crippen LogP contribution in [-0.4, -0.2) is 44.1 Å². The third kappa shape index (κ3) is 3.86. The van der Waals surface area contributed by atoms with Crippen molar-refractivity contribution < 1.29 is 4.79 Å². The Kier molecular flexibility index (Phi) is 5.23. The van der Waals surface area contributed by atoms with Crippen LogP contribution >= 0.6 is 0 Å². The van der Waals surface area contributed by atoms with Crippen LogP contribution < -0.4 is 11.1 Å². The Morgan fingerprint density at radius 3 is 2.58 bits per heavy atom. The van der Waals surface area contributed by atoms with E-state index in [-0.39, 0.29) is 18.5 Å². The summed E-state index contributed by atoms with van der Waals surface area (Å²) in [6.45, 7) is 3.87. The van der Waals surface area contributed by atoms with Crippen molar-refractivity contribution in [1.29, 1.82) is 0 Å². The van der Waals surface area contributed by atoms with Gasteiger partial charge in [0.05, 0.1) is 6.54 Å². The first-order valence-corrected chi connectivity index (χ1v) is 8.32. The molecule has 2 aromatic carbocycles. The number of rotatable bonds is 3. The van der Waals surface area contributed by atoms with Gasteiger partial charge in [-0.05, 0) is 43.3 Å². The maximum Gasteiger partial charge on any atom is 0.233 e. The molecule has 134 valence electrons. The minimum atomic E-state index is -0.0972. The second-order valence-electron chi connectivity index (χ2n) is 6.09. The number of H-pyrrole nitrogens is 2. The monoisotopic (exact) mass is 351 g/mol. The van der Waals surface area contributed by atoms with Crippen molar-refractivity contribution in [3.05, 3.63) is 42.5 Å². The molecule has 0 aliphatic rings. The smallest absolute Gasteiger partial charge is 0.233 e. The van der Waals surface area contributed by atoms with Gasteiger partial charge in [0, 0.05) is 33.4 Å². The molecule has 5 N–H and O–H groups in total. The van der Waals surface area contributed by atoms with Crippen LogP contribution in [0.2, 0.25) is 0 Å². The van der Waals surface area contributed by atoms with Crippen molar-refractivity contribution in [1.82, 2.24) is 30.9 Å². The standard InChI is InChI=1S/C13H9N5.C5H12N2O/c1-2-4-11-9(3-1)10-7-8(5-6-12(10)14-11)13-15-17-18-16-13;1-4(2)7-5(8)3-6/h1-7,14H,(H,15,16,17,18);4H,3,6H2,1-2H3,(H,7,8). The lowest BCUT2D eigenvalue weighted by molar-refractivity contribution is -0.120. The van der Waals surface area contributed by atoms with E-state index in [0.717, 1.165) is 16.6 Å². The van der Waals surface area contributed by atoms with Gasteiger partial charge in [-0.15, -0.1) is 10.2 Å². The van der Waals surface area contributed by atoms with Gasteiger partial charge in [-0.25, -0.2) is 0 Å². The number of aromatic nitrogens is 5. The number of nitrogens with zero attached hydrogens (tertiary/aromatic N) is 3. The number of nitrogens with one attached hydrogen (secondary N) is 3. The fourth-order valence-electron chi connectivity index (χ4n) is 2.65. The molecule has 0 saturated heterocycles. The third-order valence-corrected chi connectivity index (χ3v) is 3.74. The number of amides is 1. The lowest BCUT2D eigenvalue weighted by atomic mass is 10.1. The molecule has 1 amide bonds. The van der Waals surface area contributed by atoms with Gasteiger partial charge in [0.2, 0.25) is 11.7 Å². The Balaban J connectivity index is 0.000000211. The molecule has 0 spiro atoms. The summed E-state index contributed by atoms with van der Waals surface area (Å²) < 4.78 is 0. The molecule has 0 aliphatic heterocycles. The molecule has 0 aliphatic carbocycles. The Labute approximate surface area is 150 Å². The number of carbonyl (C=O) groups is 1. The number of aromatic amines is 2. The lowest BCUT2D eigenvalue weighted by Gasteiger charge is -2.04. The summed E-state index contributed by atoms with van der Waals surface area (Å²) in [5.74, 6) is 0.516. The van der Waals surface area contributed by atoms with Crippen molar-refractivity contribution in [3.8, 4) is 11.4 Å². The van der Waals surface area contributed by atoms with Gasteiger partial charge in [0.1, 0.15) is 0 Å². The highest BCUT2D eigenvalue weighted by molar-refractivity contribution is 6.08. The quantitative estimate of drug-likeness (QED) is 0.449. The van der Waals surface area contributed by atoms with Crippen molar-refractivity contribution in [2.24, 2.45) is 5.73 Å². The molecular formula is C18H21N7O. The Morgan fingerprint density at radius 1 is 1.15 bits per heavy atom. The van der Waals surface area contributed by atoms with E-state index in [4.69, 9.17) is 5.73 Å². The summed E-state index contributed by atoms with van der Waals surface area (Å²) in [7, 11) is 0. The van der Waals surface area contributed by atoms with Crippen molar-refractivity contribution in [2.45, 2.75) is 19.9 Å². The van der Waals surface area contributed by atoms with Crippen molar-refractivity contribution >= 4 is 27.7 Å². The first-order chi connectivity index (χ1) is 12.6. The van der Waals surface area contributed by atoms with Gasteiger partial charge in [-0.3, -0.25) is 4.79 Å². The highest BCUT2D eigenvalue weighted by Crippen LogP contribution is 2.28. The van der Waals surface area contributed by atoms with Crippen LogP contribution in [0.1, 0.15) is 13.8 Å². The minimum Gasteiger partial charge on any atom is -0.355 e. The molecule has 4 rings (SSSR count). The molecule has 0 saturated carbocycles. The van der Waals surface area contributed by atoms with E-state index in [1.54, 1.807) is 0 Å². The Morgan fingerprint density at radius 2 is 1.92 bits per heavy atom. The number of fused-ring (bicyclic) bond motifs is 3. The summed E-state index contributed by atoms with van der Waals surface area (Å²) >= 11 is 0. The molecule has 2 heterocycles. The van der Waals surface area contributed by atoms with E-state index in [1.807, 2.05) is 38.1 Å². The van der Waals surface area contributed by atoms with Gasteiger partial charge in [-0.2, -0.15) is 5.21 Å². The number of hydrogen-bond acceptors (Lipinski definition) is 5. The number of para-hydroxylation sites is 1. The second-order valence-corrected chi connectivity index (χ2v) is 6.09. The fraction of sp³-hybridized carbons (Fsp3) is 0.222. The molecule has 0 unspecified atom stereocenters. The highest BCUT2D eigenvalue weighted by Gasteiger charge is 2.07. The molecule has 0 radical (unpaired) electrons. The predicted octanol–water partition coefficient (Wildman–Crippen LogP) is 1.97. The van der Waals surface area contributed by atoms with E-state index in [1.165, 1.54) is 10.8 Å². The lowest BCUT2D eigenvalue weighted by Crippen LogP contribution is -2.35. The molecule has 4 aromatic rings. The zero-order chi connectivity index (χ0) is 18.5. The second kappa shape index (κ2) is 7.75. The first kappa shape index (κ1) is 17.6. The van der Waals surface area contributed by atoms with E-state index < -0.39 is 0 Å². The van der Waals surface area contributed by atoms with Crippen LogP contribution in [0.3, 0.4) is 0 Å². The van der Waals surface area contributed by atoms with E-state index in [2.05, 4.69) is 49.1 Å². The van der Waals surface area contributed by atoms with Crippen LogP contribution in [0.5, 0.6) is 0 Å². The Bertz CT molecular complexity index is 1000. The summed E-state index contributed by atoms with van der Waals surface area (Å²) in [5.41, 5.74) is 8.22. The van der Waals surface area contributed by atoms with Gasteiger partial charge >= 0.3 is 0 Å². The summed E-state index contributed by atoms with van der Waals surface area (Å²) in [6.07, 6.45) is 0. The van der Waals surface area contributed by atoms with E-state index in [0.29, 0.717) is 5.82 Å². The summed E-state index contributed by atoms with van der Waals surface area (Å²) in [4.78, 5) is 13.8. The third-order valence-electron chi connectivity index (χ3n) is 3.74. The van der Waals surface area contributed by atoms with Gasteiger partial charge in [0.15, 0.2) is 0 Å². The van der Waals surface area contributed by atoms with Crippen LogP contribution in [-0.2, 0) is 4.79 Å². The average molecular weight is 351 g/mol.